The van der Waals surface area contributed by atoms with Crippen molar-refractivity contribution >= 4 is 22.9 Å². The zero-order chi connectivity index (χ0) is 15.6. The summed E-state index contributed by atoms with van der Waals surface area (Å²) in [6.45, 7) is 11.3. The largest absolute Gasteiger partial charge is 0.444 e. The van der Waals surface area contributed by atoms with Gasteiger partial charge in [0.1, 0.15) is 5.60 Å². The van der Waals surface area contributed by atoms with E-state index in [0.29, 0.717) is 5.75 Å². The van der Waals surface area contributed by atoms with Gasteiger partial charge in [-0.05, 0) is 33.6 Å². The molecule has 0 saturated heterocycles. The van der Waals surface area contributed by atoms with E-state index in [0.717, 1.165) is 11.5 Å². The van der Waals surface area contributed by atoms with Crippen LogP contribution in [0.15, 0.2) is 4.99 Å². The van der Waals surface area contributed by atoms with Gasteiger partial charge >= 0.3 is 6.09 Å². The van der Waals surface area contributed by atoms with Gasteiger partial charge in [-0.2, -0.15) is 0 Å². The van der Waals surface area contributed by atoms with E-state index in [2.05, 4.69) is 24.2 Å². The fraction of sp³-hybridized carbons (Fsp3) is 0.857. The van der Waals surface area contributed by atoms with Crippen molar-refractivity contribution in [3.05, 3.63) is 0 Å². The van der Waals surface area contributed by atoms with Gasteiger partial charge in [-0.1, -0.05) is 20.3 Å². The zero-order valence-electron chi connectivity index (χ0n) is 13.2. The summed E-state index contributed by atoms with van der Waals surface area (Å²) in [6, 6.07) is -0.214. The first-order valence-corrected chi connectivity index (χ1v) is 7.97. The maximum Gasteiger partial charge on any atom is 0.408 e. The van der Waals surface area contributed by atoms with Crippen LogP contribution in [-0.4, -0.2) is 39.4 Å². The zero-order valence-corrected chi connectivity index (χ0v) is 14.0. The van der Waals surface area contributed by atoms with Crippen LogP contribution < -0.4 is 5.32 Å². The monoisotopic (exact) mass is 302 g/mol. The van der Waals surface area contributed by atoms with Crippen molar-refractivity contribution in [3.8, 4) is 0 Å². The molecule has 0 radical (unpaired) electrons. The van der Waals surface area contributed by atoms with Crippen LogP contribution in [0.3, 0.4) is 0 Å². The molecule has 5 nitrogen and oxygen atoms in total. The molecule has 0 aliphatic carbocycles. The number of nitrogens with zero attached hydrogens (tertiary/aromatic N) is 1. The summed E-state index contributed by atoms with van der Waals surface area (Å²) in [5.74, 6) is 0.744. The second-order valence-electron chi connectivity index (χ2n) is 6.47. The minimum atomic E-state index is -1.04. The van der Waals surface area contributed by atoms with Crippen molar-refractivity contribution in [1.82, 2.24) is 5.32 Å². The molecule has 1 heterocycles. The Morgan fingerprint density at radius 1 is 1.60 bits per heavy atom. The number of thioether (sulfide) groups is 1. The summed E-state index contributed by atoms with van der Waals surface area (Å²) in [5.41, 5.74) is -1.57. The molecule has 116 valence electrons. The molecule has 0 aromatic rings. The first-order valence-electron chi connectivity index (χ1n) is 6.98. The van der Waals surface area contributed by atoms with Crippen LogP contribution >= 0.6 is 11.8 Å². The number of hydrogen-bond donors (Lipinski definition) is 2. The lowest BCUT2D eigenvalue weighted by molar-refractivity contribution is 0.0505. The molecule has 0 bridgehead atoms. The van der Waals surface area contributed by atoms with Crippen LogP contribution in [-0.2, 0) is 4.74 Å². The fourth-order valence-corrected chi connectivity index (χ4v) is 3.01. The van der Waals surface area contributed by atoms with Gasteiger partial charge in [0.05, 0.1) is 11.1 Å². The van der Waals surface area contributed by atoms with Gasteiger partial charge < -0.3 is 15.2 Å². The van der Waals surface area contributed by atoms with Gasteiger partial charge in [-0.3, -0.25) is 0 Å². The highest BCUT2D eigenvalue weighted by molar-refractivity contribution is 8.14. The average molecular weight is 302 g/mol. The third kappa shape index (κ3) is 5.32. The Bertz CT molecular complexity index is 388. The van der Waals surface area contributed by atoms with Crippen LogP contribution in [0.4, 0.5) is 4.79 Å². The molecule has 0 fully saturated rings. The third-order valence-electron chi connectivity index (χ3n) is 3.00. The van der Waals surface area contributed by atoms with Crippen LogP contribution in [0.1, 0.15) is 48.0 Å². The molecule has 6 heteroatoms. The highest BCUT2D eigenvalue weighted by atomic mass is 32.2. The molecular weight excluding hydrogens is 276 g/mol. The SMILES string of the molecule is CC[C@H](C)[C@H](NC(=O)OC(C)(C)C)C1=NC(C)(O)CS1. The maximum absolute atomic E-state index is 11.9. The van der Waals surface area contributed by atoms with E-state index >= 15 is 0 Å². The van der Waals surface area contributed by atoms with Crippen molar-refractivity contribution in [1.29, 1.82) is 0 Å². The summed E-state index contributed by atoms with van der Waals surface area (Å²) < 4.78 is 5.30. The summed E-state index contributed by atoms with van der Waals surface area (Å²) in [7, 11) is 0. The van der Waals surface area contributed by atoms with E-state index in [1.165, 1.54) is 11.8 Å². The maximum atomic E-state index is 11.9. The van der Waals surface area contributed by atoms with E-state index in [1.807, 2.05) is 20.8 Å². The number of rotatable bonds is 4. The summed E-state index contributed by atoms with van der Waals surface area (Å²) in [4.78, 5) is 16.3. The number of alkyl carbamates (subject to hydrolysis) is 1. The molecule has 0 saturated carbocycles. The van der Waals surface area contributed by atoms with Crippen molar-refractivity contribution in [2.24, 2.45) is 10.9 Å². The molecular formula is C14H26N2O3S. The molecule has 0 spiro atoms. The predicted molar refractivity (Wildman–Crippen MR) is 83.1 cm³/mol. The Kier molecular flexibility index (Phi) is 5.49. The smallest absolute Gasteiger partial charge is 0.408 e. The molecule has 0 aromatic heterocycles. The standard InChI is InChI=1S/C14H26N2O3S/c1-7-9(2)10(11-16-14(6,18)8-20-11)15-12(17)19-13(3,4)5/h9-10,18H,7-8H2,1-6H3,(H,15,17)/t9-,10-,14?/m0/s1. The van der Waals surface area contributed by atoms with Crippen LogP contribution in [0, 0.1) is 5.92 Å². The molecule has 1 rings (SSSR count). The van der Waals surface area contributed by atoms with E-state index in [4.69, 9.17) is 4.74 Å². The minimum absolute atomic E-state index is 0.214. The summed E-state index contributed by atoms with van der Waals surface area (Å²) >= 11 is 1.49. The lowest BCUT2D eigenvalue weighted by Gasteiger charge is -2.26. The number of amides is 1. The molecule has 3 atom stereocenters. The summed E-state index contributed by atoms with van der Waals surface area (Å²) in [6.07, 6.45) is 0.458. The second kappa shape index (κ2) is 6.35. The number of ether oxygens (including phenoxy) is 1. The minimum Gasteiger partial charge on any atom is -0.444 e. The van der Waals surface area contributed by atoms with Gasteiger partial charge in [0.15, 0.2) is 5.72 Å². The Hall–Kier alpha value is -0.750. The highest BCUT2D eigenvalue weighted by Crippen LogP contribution is 2.29. The van der Waals surface area contributed by atoms with Crippen LogP contribution in [0.5, 0.6) is 0 Å². The van der Waals surface area contributed by atoms with Crippen LogP contribution in [0.2, 0.25) is 0 Å². The predicted octanol–water partition coefficient (Wildman–Crippen LogP) is 2.78. The van der Waals surface area contributed by atoms with Crippen molar-refractivity contribution in [2.45, 2.75) is 65.3 Å². The van der Waals surface area contributed by atoms with Crippen molar-refractivity contribution < 1.29 is 14.6 Å². The van der Waals surface area contributed by atoms with Crippen LogP contribution in [0.25, 0.3) is 0 Å². The van der Waals surface area contributed by atoms with E-state index in [-0.39, 0.29) is 12.0 Å². The summed E-state index contributed by atoms with van der Waals surface area (Å²) in [5, 5.41) is 13.6. The second-order valence-corrected chi connectivity index (χ2v) is 7.46. The number of hydrogen-bond acceptors (Lipinski definition) is 5. The average Bonchev–Trinajstić information content (AvgIpc) is 2.63. The Morgan fingerprint density at radius 2 is 2.20 bits per heavy atom. The quantitative estimate of drug-likeness (QED) is 0.837. The third-order valence-corrected chi connectivity index (χ3v) is 4.33. The van der Waals surface area contributed by atoms with Gasteiger partial charge in [0.2, 0.25) is 0 Å². The van der Waals surface area contributed by atoms with Gasteiger partial charge in [-0.15, -0.1) is 11.8 Å². The van der Waals surface area contributed by atoms with Gasteiger partial charge in [-0.25, -0.2) is 9.79 Å². The number of aliphatic imine (C=N–C) groups is 1. The van der Waals surface area contributed by atoms with E-state index in [1.54, 1.807) is 6.92 Å². The van der Waals surface area contributed by atoms with Crippen molar-refractivity contribution in [3.63, 3.8) is 0 Å². The lowest BCUT2D eigenvalue weighted by Crippen LogP contribution is -2.45. The number of carbonyl (C=O) groups excluding carboxylic acids is 1. The highest BCUT2D eigenvalue weighted by Gasteiger charge is 2.35. The topological polar surface area (TPSA) is 70.9 Å². The molecule has 1 aliphatic heterocycles. The first-order chi connectivity index (χ1) is 9.04. The molecule has 20 heavy (non-hydrogen) atoms. The van der Waals surface area contributed by atoms with Gasteiger partial charge in [0, 0.05) is 5.75 Å². The molecule has 1 unspecified atom stereocenters. The number of carbonyl (C=O) groups is 1. The fourth-order valence-electron chi connectivity index (χ4n) is 1.79. The molecule has 1 amide bonds. The van der Waals surface area contributed by atoms with E-state index in [9.17, 15) is 9.90 Å². The molecule has 0 aromatic carbocycles. The molecule has 2 N–H and O–H groups in total. The van der Waals surface area contributed by atoms with Gasteiger partial charge in [0.25, 0.3) is 0 Å². The normalized spacial score (nSPS) is 25.9. The lowest BCUT2D eigenvalue weighted by atomic mass is 10.00. The number of nitrogens with one attached hydrogen (secondary N) is 1. The Morgan fingerprint density at radius 3 is 2.60 bits per heavy atom. The Balaban J connectivity index is 2.79. The molecule has 1 aliphatic rings. The Labute approximate surface area is 125 Å². The first kappa shape index (κ1) is 17.3. The van der Waals surface area contributed by atoms with Crippen molar-refractivity contribution in [2.75, 3.05) is 5.75 Å². The number of aliphatic hydroxyl groups is 1. The van der Waals surface area contributed by atoms with E-state index < -0.39 is 17.4 Å².